The second kappa shape index (κ2) is 7.27. The first-order valence-electron chi connectivity index (χ1n) is 7.13. The van der Waals surface area contributed by atoms with E-state index in [-0.39, 0.29) is 0 Å². The highest BCUT2D eigenvalue weighted by Crippen LogP contribution is 2.28. The van der Waals surface area contributed by atoms with E-state index < -0.39 is 0 Å². The van der Waals surface area contributed by atoms with Crippen molar-refractivity contribution < 1.29 is 0 Å². The van der Waals surface area contributed by atoms with E-state index >= 15 is 0 Å². The van der Waals surface area contributed by atoms with Crippen molar-refractivity contribution >= 4 is 21.6 Å². The van der Waals surface area contributed by atoms with E-state index in [1.54, 1.807) is 0 Å². The van der Waals surface area contributed by atoms with Gasteiger partial charge in [-0.3, -0.25) is 0 Å². The zero-order chi connectivity index (χ0) is 13.7. The van der Waals surface area contributed by atoms with Crippen LogP contribution in [-0.4, -0.2) is 44.7 Å². The third kappa shape index (κ3) is 4.20. The Labute approximate surface area is 125 Å². The molecule has 106 valence electrons. The van der Waals surface area contributed by atoms with Gasteiger partial charge in [0.05, 0.1) is 5.69 Å². The largest absolute Gasteiger partial charge is 0.368 e. The van der Waals surface area contributed by atoms with Crippen LogP contribution in [0.25, 0.3) is 0 Å². The number of likely N-dealkylation sites (N-methyl/N-ethyl adjacent to an activating group) is 1. The monoisotopic (exact) mass is 325 g/mol. The summed E-state index contributed by atoms with van der Waals surface area (Å²) in [6, 6.07) is 6.73. The number of anilines is 1. The summed E-state index contributed by atoms with van der Waals surface area (Å²) < 4.78 is 1.22. The van der Waals surface area contributed by atoms with Gasteiger partial charge in [0.15, 0.2) is 0 Å². The average Bonchev–Trinajstić information content (AvgIpc) is 2.41. The number of hydrogen-bond donors (Lipinski definition) is 1. The van der Waals surface area contributed by atoms with Crippen LogP contribution in [0, 0.1) is 0 Å². The van der Waals surface area contributed by atoms with E-state index in [2.05, 4.69) is 63.2 Å². The molecule has 0 bridgehead atoms. The molecular weight excluding hydrogens is 302 g/mol. The molecule has 0 aliphatic carbocycles. The highest BCUT2D eigenvalue weighted by molar-refractivity contribution is 9.10. The van der Waals surface area contributed by atoms with Crippen LogP contribution in [0.2, 0.25) is 0 Å². The molecule has 0 atom stereocenters. The van der Waals surface area contributed by atoms with Crippen LogP contribution >= 0.6 is 15.9 Å². The Balaban J connectivity index is 1.98. The maximum atomic E-state index is 3.72. The molecule has 1 aliphatic heterocycles. The summed E-state index contributed by atoms with van der Waals surface area (Å²) >= 11 is 3.72. The molecule has 2 rings (SSSR count). The molecular formula is C15H24BrN3. The molecule has 0 amide bonds. The van der Waals surface area contributed by atoms with Crippen LogP contribution in [-0.2, 0) is 6.54 Å². The van der Waals surface area contributed by atoms with Crippen LogP contribution < -0.4 is 10.2 Å². The van der Waals surface area contributed by atoms with Gasteiger partial charge in [0.2, 0.25) is 0 Å². The minimum Gasteiger partial charge on any atom is -0.368 e. The first kappa shape index (κ1) is 14.8. The van der Waals surface area contributed by atoms with Gasteiger partial charge in [-0.25, -0.2) is 0 Å². The van der Waals surface area contributed by atoms with Gasteiger partial charge in [0.25, 0.3) is 0 Å². The first-order valence-corrected chi connectivity index (χ1v) is 7.92. The van der Waals surface area contributed by atoms with Gasteiger partial charge in [-0.05, 0) is 53.6 Å². The fourth-order valence-corrected chi connectivity index (χ4v) is 3.05. The van der Waals surface area contributed by atoms with E-state index in [4.69, 9.17) is 0 Å². The first-order chi connectivity index (χ1) is 9.20. The summed E-state index contributed by atoms with van der Waals surface area (Å²) in [7, 11) is 2.19. The maximum Gasteiger partial charge on any atom is 0.0511 e. The molecule has 4 heteroatoms. The van der Waals surface area contributed by atoms with E-state index in [9.17, 15) is 0 Å². The van der Waals surface area contributed by atoms with Crippen molar-refractivity contribution in [1.82, 2.24) is 10.2 Å². The molecule has 0 spiro atoms. The molecule has 1 aliphatic rings. The van der Waals surface area contributed by atoms with Gasteiger partial charge < -0.3 is 15.1 Å². The Kier molecular flexibility index (Phi) is 5.67. The van der Waals surface area contributed by atoms with Gasteiger partial charge in [-0.2, -0.15) is 0 Å². The SMILES string of the molecule is CCCNCc1ccc(N2CCN(C)CC2)c(Br)c1. The molecule has 1 fully saturated rings. The number of rotatable bonds is 5. The van der Waals surface area contributed by atoms with Crippen molar-refractivity contribution in [2.45, 2.75) is 19.9 Å². The molecule has 0 saturated carbocycles. The van der Waals surface area contributed by atoms with E-state index in [1.165, 1.54) is 22.1 Å². The fourth-order valence-electron chi connectivity index (χ4n) is 2.37. The van der Waals surface area contributed by atoms with Crippen molar-refractivity contribution in [1.29, 1.82) is 0 Å². The number of halogens is 1. The quantitative estimate of drug-likeness (QED) is 0.840. The fraction of sp³-hybridized carbons (Fsp3) is 0.600. The summed E-state index contributed by atoms with van der Waals surface area (Å²) in [4.78, 5) is 4.85. The van der Waals surface area contributed by atoms with Gasteiger partial charge in [0, 0.05) is 37.2 Å². The second-order valence-corrected chi connectivity index (χ2v) is 6.11. The number of piperazine rings is 1. The molecule has 19 heavy (non-hydrogen) atoms. The number of hydrogen-bond acceptors (Lipinski definition) is 3. The van der Waals surface area contributed by atoms with Gasteiger partial charge in [-0.15, -0.1) is 0 Å². The zero-order valence-electron chi connectivity index (χ0n) is 12.0. The topological polar surface area (TPSA) is 18.5 Å². The van der Waals surface area contributed by atoms with Gasteiger partial charge in [0.1, 0.15) is 0 Å². The summed E-state index contributed by atoms with van der Waals surface area (Å²) in [5, 5.41) is 3.44. The highest BCUT2D eigenvalue weighted by Gasteiger charge is 2.16. The predicted molar refractivity (Wildman–Crippen MR) is 85.8 cm³/mol. The lowest BCUT2D eigenvalue weighted by Crippen LogP contribution is -2.44. The summed E-state index contributed by atoms with van der Waals surface area (Å²) in [6.07, 6.45) is 1.18. The molecule has 3 nitrogen and oxygen atoms in total. The maximum absolute atomic E-state index is 3.72. The van der Waals surface area contributed by atoms with Gasteiger partial charge >= 0.3 is 0 Å². The normalized spacial score (nSPS) is 16.9. The van der Waals surface area contributed by atoms with Crippen molar-refractivity contribution in [3.63, 3.8) is 0 Å². The van der Waals surface area contributed by atoms with Crippen molar-refractivity contribution in [3.05, 3.63) is 28.2 Å². The van der Waals surface area contributed by atoms with Crippen LogP contribution in [0.4, 0.5) is 5.69 Å². The smallest absolute Gasteiger partial charge is 0.0511 e. The second-order valence-electron chi connectivity index (χ2n) is 5.25. The highest BCUT2D eigenvalue weighted by atomic mass is 79.9. The van der Waals surface area contributed by atoms with Crippen LogP contribution in [0.15, 0.2) is 22.7 Å². The molecule has 1 saturated heterocycles. The molecule has 1 heterocycles. The van der Waals surface area contributed by atoms with E-state index in [1.807, 2.05) is 0 Å². The summed E-state index contributed by atoms with van der Waals surface area (Å²) in [5.41, 5.74) is 2.67. The molecule has 0 unspecified atom stereocenters. The Morgan fingerprint density at radius 2 is 1.95 bits per heavy atom. The Hall–Kier alpha value is -0.580. The summed E-state index contributed by atoms with van der Waals surface area (Å²) in [5.74, 6) is 0. The Morgan fingerprint density at radius 3 is 2.58 bits per heavy atom. The molecule has 1 N–H and O–H groups in total. The lowest BCUT2D eigenvalue weighted by molar-refractivity contribution is 0.312. The lowest BCUT2D eigenvalue weighted by Gasteiger charge is -2.34. The Morgan fingerprint density at radius 1 is 1.21 bits per heavy atom. The number of benzene rings is 1. The standard InChI is InChI=1S/C15H24BrN3/c1-3-6-17-12-13-4-5-15(14(16)11-13)19-9-7-18(2)8-10-19/h4-5,11,17H,3,6-10,12H2,1-2H3. The van der Waals surface area contributed by atoms with Crippen molar-refractivity contribution in [2.75, 3.05) is 44.7 Å². The number of nitrogens with one attached hydrogen (secondary N) is 1. The van der Waals surface area contributed by atoms with Crippen molar-refractivity contribution in [2.24, 2.45) is 0 Å². The Bertz CT molecular complexity index is 400. The van der Waals surface area contributed by atoms with E-state index in [0.29, 0.717) is 0 Å². The van der Waals surface area contributed by atoms with Gasteiger partial charge in [-0.1, -0.05) is 13.0 Å². The van der Waals surface area contributed by atoms with Crippen LogP contribution in [0.5, 0.6) is 0 Å². The third-order valence-electron chi connectivity index (χ3n) is 3.61. The van der Waals surface area contributed by atoms with Crippen molar-refractivity contribution in [3.8, 4) is 0 Å². The van der Waals surface area contributed by atoms with Crippen LogP contribution in [0.3, 0.4) is 0 Å². The predicted octanol–water partition coefficient (Wildman–Crippen LogP) is 2.70. The molecule has 1 aromatic carbocycles. The minimum absolute atomic E-state index is 0.954. The number of nitrogens with zero attached hydrogens (tertiary/aromatic N) is 2. The minimum atomic E-state index is 0.954. The van der Waals surface area contributed by atoms with Crippen LogP contribution in [0.1, 0.15) is 18.9 Å². The summed E-state index contributed by atoms with van der Waals surface area (Å²) in [6.45, 7) is 8.75. The third-order valence-corrected chi connectivity index (χ3v) is 4.25. The zero-order valence-corrected chi connectivity index (χ0v) is 13.5. The van der Waals surface area contributed by atoms with E-state index in [0.717, 1.165) is 39.3 Å². The molecule has 0 radical (unpaired) electrons. The molecule has 0 aromatic heterocycles. The lowest BCUT2D eigenvalue weighted by atomic mass is 10.1. The average molecular weight is 326 g/mol. The molecule has 1 aromatic rings.